The lowest BCUT2D eigenvalue weighted by atomic mass is 9.95. The molecule has 3 aromatic rings. The van der Waals surface area contributed by atoms with Gasteiger partial charge < -0.3 is 40.0 Å². The molecule has 1 aliphatic rings. The first-order valence-corrected chi connectivity index (χ1v) is 15.5. The van der Waals surface area contributed by atoms with E-state index in [9.17, 15) is 24.0 Å². The summed E-state index contributed by atoms with van der Waals surface area (Å²) in [6.45, 7) is 2.69. The van der Waals surface area contributed by atoms with Crippen molar-refractivity contribution in [2.75, 3.05) is 32.1 Å². The van der Waals surface area contributed by atoms with Crippen LogP contribution in [-0.4, -0.2) is 69.1 Å². The van der Waals surface area contributed by atoms with Gasteiger partial charge in [-0.2, -0.15) is 0 Å². The van der Waals surface area contributed by atoms with Crippen molar-refractivity contribution >= 4 is 35.5 Å². The monoisotopic (exact) mass is 693 g/mol. The van der Waals surface area contributed by atoms with E-state index in [-0.39, 0.29) is 19.9 Å². The number of hydrogen-bond acceptors (Lipinski definition) is 13. The summed E-state index contributed by atoms with van der Waals surface area (Å²) in [6, 6.07) is 15.3. The van der Waals surface area contributed by atoms with E-state index >= 15 is 0 Å². The van der Waals surface area contributed by atoms with Crippen LogP contribution >= 0.6 is 0 Å². The van der Waals surface area contributed by atoms with Crippen LogP contribution in [0.3, 0.4) is 0 Å². The minimum Gasteiger partial charge on any atom is -0.484 e. The lowest BCUT2D eigenvalue weighted by Gasteiger charge is -2.27. The van der Waals surface area contributed by atoms with Gasteiger partial charge in [0.25, 0.3) is 5.91 Å². The number of aryl methyl sites for hydroxylation is 2. The number of fused-ring (bicyclic) bond motifs is 1. The Morgan fingerprint density at radius 3 is 2.30 bits per heavy atom. The Balaban J connectivity index is 1.25. The van der Waals surface area contributed by atoms with Crippen molar-refractivity contribution in [3.8, 4) is 23.0 Å². The van der Waals surface area contributed by atoms with Crippen LogP contribution in [0.1, 0.15) is 24.5 Å². The lowest BCUT2D eigenvalue weighted by Crippen LogP contribution is -2.57. The van der Waals surface area contributed by atoms with E-state index in [1.54, 1.807) is 42.5 Å². The number of amides is 4. The molecular weight excluding hydrogens is 654 g/mol. The zero-order valence-corrected chi connectivity index (χ0v) is 27.7. The zero-order valence-electron chi connectivity index (χ0n) is 27.7. The molecule has 4 rings (SSSR count). The lowest BCUT2D eigenvalue weighted by molar-refractivity contribution is -0.159. The SMILES string of the molecule is COC(=O)[C@@H](N)C(NOC(=O)CCc1ccc2c(c1)OCO2)C(C)C(=O)NC(=O)COc1ccc(OCN(C(N)=O)c2ccccc2C)cc1. The van der Waals surface area contributed by atoms with E-state index in [0.29, 0.717) is 35.1 Å². The van der Waals surface area contributed by atoms with E-state index in [4.69, 9.17) is 40.0 Å². The van der Waals surface area contributed by atoms with E-state index in [0.717, 1.165) is 18.2 Å². The number of imide groups is 1. The summed E-state index contributed by atoms with van der Waals surface area (Å²) >= 11 is 0. The molecule has 3 atom stereocenters. The van der Waals surface area contributed by atoms with Gasteiger partial charge in [0.1, 0.15) is 17.5 Å². The van der Waals surface area contributed by atoms with Crippen LogP contribution in [-0.2, 0) is 35.2 Å². The van der Waals surface area contributed by atoms with Crippen molar-refractivity contribution < 1.29 is 52.5 Å². The van der Waals surface area contributed by atoms with Crippen LogP contribution in [0.4, 0.5) is 10.5 Å². The number of benzene rings is 3. The highest BCUT2D eigenvalue weighted by molar-refractivity contribution is 5.97. The molecule has 2 unspecified atom stereocenters. The minimum atomic E-state index is -1.43. The van der Waals surface area contributed by atoms with E-state index in [1.165, 1.54) is 24.0 Å². The summed E-state index contributed by atoms with van der Waals surface area (Å²) in [5, 5.41) is 2.18. The molecule has 0 saturated heterocycles. The standard InChI is InChI=1S/C34H39N5O11/c1-20-6-4-5-7-25(20)39(34(36)44)18-47-24-12-10-23(11-13-24)46-17-28(40)37-32(42)21(2)31(30(35)33(43)45-3)38-50-29(41)15-9-22-8-14-26-27(16-22)49-19-48-26/h4-8,10-14,16,21,30-31,38H,9,15,17-19,35H2,1-3H3,(H2,36,44)(H,37,40,42)/t21?,30-,31?/m0/s1. The first-order chi connectivity index (χ1) is 24.0. The predicted molar refractivity (Wildman–Crippen MR) is 177 cm³/mol. The van der Waals surface area contributed by atoms with Crippen molar-refractivity contribution in [2.45, 2.75) is 38.8 Å². The first kappa shape index (κ1) is 37.0. The van der Waals surface area contributed by atoms with Crippen LogP contribution in [0.2, 0.25) is 0 Å². The topological polar surface area (TPSA) is 220 Å². The molecule has 0 radical (unpaired) electrons. The maximum Gasteiger partial charge on any atom is 0.325 e. The molecule has 6 N–H and O–H groups in total. The summed E-state index contributed by atoms with van der Waals surface area (Å²) in [7, 11) is 1.11. The highest BCUT2D eigenvalue weighted by Gasteiger charge is 2.36. The normalized spacial score (nSPS) is 13.3. The summed E-state index contributed by atoms with van der Waals surface area (Å²) in [5.74, 6) is -2.44. The van der Waals surface area contributed by atoms with Crippen LogP contribution in [0.15, 0.2) is 66.7 Å². The van der Waals surface area contributed by atoms with Crippen molar-refractivity contribution in [2.24, 2.45) is 17.4 Å². The van der Waals surface area contributed by atoms with Gasteiger partial charge in [-0.05, 0) is 66.9 Å². The fourth-order valence-corrected chi connectivity index (χ4v) is 4.79. The van der Waals surface area contributed by atoms with Crippen LogP contribution in [0.5, 0.6) is 23.0 Å². The van der Waals surface area contributed by atoms with Crippen molar-refractivity contribution in [3.05, 3.63) is 77.9 Å². The van der Waals surface area contributed by atoms with E-state index < -0.39 is 54.4 Å². The number of esters is 1. The molecule has 1 aliphatic heterocycles. The largest absolute Gasteiger partial charge is 0.484 e. The summed E-state index contributed by atoms with van der Waals surface area (Å²) < 4.78 is 26.5. The number of para-hydroxylation sites is 1. The number of carbonyl (C=O) groups excluding carboxylic acids is 5. The second kappa shape index (κ2) is 17.5. The smallest absolute Gasteiger partial charge is 0.325 e. The second-order valence-corrected chi connectivity index (χ2v) is 11.1. The van der Waals surface area contributed by atoms with Crippen LogP contribution in [0.25, 0.3) is 0 Å². The molecule has 0 bridgehead atoms. The van der Waals surface area contributed by atoms with E-state index in [1.807, 2.05) is 19.1 Å². The molecular formula is C34H39N5O11. The Morgan fingerprint density at radius 2 is 1.62 bits per heavy atom. The number of nitrogens with two attached hydrogens (primary N) is 2. The molecule has 16 heteroatoms. The number of methoxy groups -OCH3 is 1. The number of hydroxylamine groups is 1. The van der Waals surface area contributed by atoms with Crippen LogP contribution < -0.4 is 46.1 Å². The molecule has 0 fully saturated rings. The number of rotatable bonds is 16. The predicted octanol–water partition coefficient (Wildman–Crippen LogP) is 1.85. The molecule has 16 nitrogen and oxygen atoms in total. The fourth-order valence-electron chi connectivity index (χ4n) is 4.79. The third-order valence-corrected chi connectivity index (χ3v) is 7.66. The Labute approximate surface area is 287 Å². The maximum absolute atomic E-state index is 13.0. The molecule has 4 amide bonds. The van der Waals surface area contributed by atoms with Gasteiger partial charge in [-0.3, -0.25) is 29.4 Å². The zero-order chi connectivity index (χ0) is 36.2. The third-order valence-electron chi connectivity index (χ3n) is 7.66. The number of urea groups is 1. The number of carbonyl (C=O) groups is 5. The Hall–Kier alpha value is -5.87. The van der Waals surface area contributed by atoms with Gasteiger partial charge >= 0.3 is 18.0 Å². The molecule has 3 aromatic carbocycles. The van der Waals surface area contributed by atoms with Gasteiger partial charge in [0, 0.05) is 0 Å². The molecule has 50 heavy (non-hydrogen) atoms. The Morgan fingerprint density at radius 1 is 0.940 bits per heavy atom. The highest BCUT2D eigenvalue weighted by Crippen LogP contribution is 2.32. The number of primary amides is 1. The Bertz CT molecular complexity index is 1680. The van der Waals surface area contributed by atoms with Crippen molar-refractivity contribution in [1.82, 2.24) is 10.8 Å². The number of nitrogens with one attached hydrogen (secondary N) is 2. The molecule has 0 aromatic heterocycles. The number of anilines is 1. The summed E-state index contributed by atoms with van der Waals surface area (Å²) in [6.07, 6.45) is 0.266. The van der Waals surface area contributed by atoms with Gasteiger partial charge in [-0.1, -0.05) is 31.2 Å². The molecule has 1 heterocycles. The Kier molecular flexibility index (Phi) is 12.9. The molecule has 0 aliphatic carbocycles. The summed E-state index contributed by atoms with van der Waals surface area (Å²) in [4.78, 5) is 68.7. The summed E-state index contributed by atoms with van der Waals surface area (Å²) in [5.41, 5.74) is 16.2. The molecule has 0 spiro atoms. The van der Waals surface area contributed by atoms with Gasteiger partial charge in [-0.25, -0.2) is 4.79 Å². The van der Waals surface area contributed by atoms with Gasteiger partial charge in [0.15, 0.2) is 24.8 Å². The van der Waals surface area contributed by atoms with Crippen molar-refractivity contribution in [3.63, 3.8) is 0 Å². The first-order valence-electron chi connectivity index (χ1n) is 15.5. The average Bonchev–Trinajstić information content (AvgIpc) is 3.58. The third kappa shape index (κ3) is 10.1. The van der Waals surface area contributed by atoms with Crippen molar-refractivity contribution in [1.29, 1.82) is 0 Å². The van der Waals surface area contributed by atoms with Crippen LogP contribution in [0, 0.1) is 12.8 Å². The molecule has 266 valence electrons. The number of ether oxygens (including phenoxy) is 5. The second-order valence-electron chi connectivity index (χ2n) is 11.1. The number of hydrogen-bond donors (Lipinski definition) is 4. The maximum atomic E-state index is 13.0. The number of nitrogens with zero attached hydrogens (tertiary/aromatic N) is 1. The fraction of sp³-hybridized carbons (Fsp3) is 0.324. The van der Waals surface area contributed by atoms with Gasteiger partial charge in [0.05, 0.1) is 31.2 Å². The molecule has 0 saturated carbocycles. The highest BCUT2D eigenvalue weighted by atomic mass is 16.7. The average molecular weight is 694 g/mol. The van der Waals surface area contributed by atoms with Gasteiger partial charge in [-0.15, -0.1) is 5.48 Å². The van der Waals surface area contributed by atoms with Gasteiger partial charge in [0.2, 0.25) is 12.7 Å². The quantitative estimate of drug-likeness (QED) is 0.0957. The van der Waals surface area contributed by atoms with E-state index in [2.05, 4.69) is 10.8 Å². The minimum absolute atomic E-state index is 0.0461.